The molecule has 2 aliphatic rings. The average molecular weight is 770 g/mol. The molecule has 2 aromatic heterocycles. The van der Waals surface area contributed by atoms with E-state index in [4.69, 9.17) is 27.1 Å². The fourth-order valence-corrected chi connectivity index (χ4v) is 8.54. The number of imidazole rings is 1. The molecule has 0 aliphatic carbocycles. The van der Waals surface area contributed by atoms with Gasteiger partial charge in [-0.05, 0) is 105 Å². The zero-order chi connectivity index (χ0) is 39.2. The number of carbonyl (C=O) groups excluding carboxylic acids is 2. The van der Waals surface area contributed by atoms with E-state index in [1.165, 1.54) is 0 Å². The van der Waals surface area contributed by atoms with Crippen molar-refractivity contribution in [2.45, 2.75) is 82.4 Å². The number of rotatable bonds is 7. The van der Waals surface area contributed by atoms with E-state index in [0.29, 0.717) is 30.0 Å². The van der Waals surface area contributed by atoms with Gasteiger partial charge in [0.1, 0.15) is 18.0 Å². The third-order valence-corrected chi connectivity index (χ3v) is 11.9. The topological polar surface area (TPSA) is 121 Å². The summed E-state index contributed by atoms with van der Waals surface area (Å²) >= 11 is 5.00. The number of aromatic amines is 2. The molecule has 6 aromatic rings. The summed E-state index contributed by atoms with van der Waals surface area (Å²) in [6.07, 6.45) is 4.37. The Morgan fingerprint density at radius 3 is 2.38 bits per heavy atom. The lowest BCUT2D eigenvalue weighted by Gasteiger charge is -2.39. The monoisotopic (exact) mass is 769 g/mol. The maximum Gasteiger partial charge on any atom is 0.410 e. The molecule has 0 bridgehead atoms. The first-order valence-corrected chi connectivity index (χ1v) is 19.8. The Morgan fingerprint density at radius 2 is 1.61 bits per heavy atom. The van der Waals surface area contributed by atoms with Crippen molar-refractivity contribution in [1.82, 2.24) is 24.8 Å². The van der Waals surface area contributed by atoms with E-state index >= 15 is 0 Å². The molecular weight excluding hydrogens is 723 g/mol. The molecule has 11 heteroatoms. The number of nitrogens with zero attached hydrogens (tertiary/aromatic N) is 3. The van der Waals surface area contributed by atoms with Gasteiger partial charge >= 0.3 is 12.2 Å². The minimum atomic E-state index is -0.581. The second kappa shape index (κ2) is 14.8. The Labute approximate surface area is 331 Å². The largest absolute Gasteiger partial charge is 0.445 e. The summed E-state index contributed by atoms with van der Waals surface area (Å²) in [5.74, 6) is 0.706. The maximum atomic E-state index is 13.3. The fourth-order valence-electron chi connectivity index (χ4n) is 8.14. The SMILES string of the molecule is CC(C)(C)OC(=O)N1CCC[C@@]1(C)C(S)c1ncc(-c2ccc3cc(-c4ccc5c(=O)cc(C6CCCN6C(=O)OCc6ccccc6)[nH]c5c4)ccc3c2)[nH]1. The molecule has 288 valence electrons. The number of carbonyl (C=O) groups is 2. The molecule has 2 N–H and O–H groups in total. The number of ether oxygens (including phenoxy) is 2. The van der Waals surface area contributed by atoms with E-state index in [0.717, 1.165) is 69.9 Å². The van der Waals surface area contributed by atoms with Crippen molar-refractivity contribution >= 4 is 46.5 Å². The second-order valence-electron chi connectivity index (χ2n) is 16.2. The minimum Gasteiger partial charge on any atom is -0.445 e. The van der Waals surface area contributed by atoms with Crippen molar-refractivity contribution < 1.29 is 19.1 Å². The van der Waals surface area contributed by atoms with E-state index in [-0.39, 0.29) is 35.5 Å². The van der Waals surface area contributed by atoms with Crippen LogP contribution in [0.2, 0.25) is 0 Å². The van der Waals surface area contributed by atoms with Gasteiger partial charge in [-0.25, -0.2) is 14.6 Å². The lowest BCUT2D eigenvalue weighted by molar-refractivity contribution is 0.0101. The number of nitrogens with one attached hydrogen (secondary N) is 2. The van der Waals surface area contributed by atoms with E-state index < -0.39 is 11.1 Å². The lowest BCUT2D eigenvalue weighted by atomic mass is 9.93. The molecule has 56 heavy (non-hydrogen) atoms. The van der Waals surface area contributed by atoms with Crippen LogP contribution in [-0.2, 0) is 16.1 Å². The van der Waals surface area contributed by atoms with E-state index in [1.807, 2.05) is 75.5 Å². The van der Waals surface area contributed by atoms with Crippen molar-refractivity contribution in [3.05, 3.63) is 124 Å². The average Bonchev–Trinajstić information content (AvgIpc) is 3.97. The molecule has 4 heterocycles. The predicted molar refractivity (Wildman–Crippen MR) is 223 cm³/mol. The second-order valence-corrected chi connectivity index (χ2v) is 16.7. The van der Waals surface area contributed by atoms with Crippen LogP contribution in [0.1, 0.15) is 81.8 Å². The van der Waals surface area contributed by atoms with Gasteiger partial charge in [-0.1, -0.05) is 60.7 Å². The van der Waals surface area contributed by atoms with Crippen LogP contribution >= 0.6 is 12.6 Å². The van der Waals surface area contributed by atoms with Crippen LogP contribution in [0.5, 0.6) is 0 Å². The van der Waals surface area contributed by atoms with Crippen molar-refractivity contribution in [2.75, 3.05) is 13.1 Å². The first-order chi connectivity index (χ1) is 26.9. The van der Waals surface area contributed by atoms with Crippen molar-refractivity contribution in [1.29, 1.82) is 0 Å². The van der Waals surface area contributed by atoms with Gasteiger partial charge in [-0.15, -0.1) is 0 Å². The number of thiol groups is 1. The highest BCUT2D eigenvalue weighted by Crippen LogP contribution is 2.44. The smallest absolute Gasteiger partial charge is 0.410 e. The lowest BCUT2D eigenvalue weighted by Crippen LogP contribution is -2.49. The Morgan fingerprint density at radius 1 is 0.893 bits per heavy atom. The van der Waals surface area contributed by atoms with Crippen molar-refractivity contribution in [3.63, 3.8) is 0 Å². The first kappa shape index (κ1) is 37.4. The van der Waals surface area contributed by atoms with Crippen LogP contribution in [-0.4, -0.2) is 61.2 Å². The Bertz CT molecular complexity index is 2490. The summed E-state index contributed by atoms with van der Waals surface area (Å²) < 4.78 is 11.4. The number of hydrogen-bond donors (Lipinski definition) is 3. The van der Waals surface area contributed by atoms with Crippen LogP contribution in [0.4, 0.5) is 9.59 Å². The first-order valence-electron chi connectivity index (χ1n) is 19.3. The summed E-state index contributed by atoms with van der Waals surface area (Å²) in [7, 11) is 0. The number of H-pyrrole nitrogens is 2. The molecule has 10 nitrogen and oxygen atoms in total. The highest BCUT2D eigenvalue weighted by Gasteiger charge is 2.47. The molecular formula is C45H47N5O5S. The van der Waals surface area contributed by atoms with Gasteiger partial charge in [0.15, 0.2) is 5.43 Å². The van der Waals surface area contributed by atoms with Crippen LogP contribution in [0.3, 0.4) is 0 Å². The summed E-state index contributed by atoms with van der Waals surface area (Å²) in [5, 5.41) is 2.41. The molecule has 2 amide bonds. The zero-order valence-electron chi connectivity index (χ0n) is 32.2. The predicted octanol–water partition coefficient (Wildman–Crippen LogP) is 9.97. The number of benzene rings is 4. The summed E-state index contributed by atoms with van der Waals surface area (Å²) in [6, 6.07) is 29.5. The summed E-state index contributed by atoms with van der Waals surface area (Å²) in [6.45, 7) is 9.08. The molecule has 2 aliphatic heterocycles. The number of amides is 2. The van der Waals surface area contributed by atoms with Crippen molar-refractivity contribution in [3.8, 4) is 22.4 Å². The molecule has 0 saturated carbocycles. The summed E-state index contributed by atoms with van der Waals surface area (Å²) in [4.78, 5) is 54.8. The third-order valence-electron chi connectivity index (χ3n) is 11.1. The third kappa shape index (κ3) is 7.40. The number of pyridine rings is 1. The minimum absolute atomic E-state index is 0.0836. The Balaban J connectivity index is 1.00. The van der Waals surface area contributed by atoms with Gasteiger partial charge < -0.3 is 24.3 Å². The number of likely N-dealkylation sites (tertiary alicyclic amines) is 2. The van der Waals surface area contributed by atoms with Gasteiger partial charge in [0.05, 0.1) is 34.2 Å². The van der Waals surface area contributed by atoms with Crippen LogP contribution < -0.4 is 5.43 Å². The van der Waals surface area contributed by atoms with Crippen LogP contribution in [0.25, 0.3) is 44.1 Å². The molecule has 2 unspecified atom stereocenters. The van der Waals surface area contributed by atoms with Crippen molar-refractivity contribution in [2.24, 2.45) is 0 Å². The normalized spacial score (nSPS) is 19.1. The Hall–Kier alpha value is -5.55. The van der Waals surface area contributed by atoms with E-state index in [9.17, 15) is 14.4 Å². The van der Waals surface area contributed by atoms with Gasteiger partial charge in [0.25, 0.3) is 0 Å². The molecule has 0 radical (unpaired) electrons. The van der Waals surface area contributed by atoms with Gasteiger partial charge in [-0.2, -0.15) is 12.6 Å². The number of aromatic nitrogens is 3. The molecule has 8 rings (SSSR count). The molecule has 2 fully saturated rings. The van der Waals surface area contributed by atoms with Gasteiger partial charge in [-0.3, -0.25) is 9.69 Å². The van der Waals surface area contributed by atoms with Gasteiger partial charge in [0, 0.05) is 35.8 Å². The van der Waals surface area contributed by atoms with Gasteiger partial charge in [0.2, 0.25) is 0 Å². The Kier molecular flexibility index (Phi) is 9.90. The molecule has 0 spiro atoms. The quantitative estimate of drug-likeness (QED) is 0.139. The standard InChI is InChI=1S/C45H47N5O5S/c1-44(2,3)55-43(53)50-21-9-19-45(50,4)40(56)41-46-26-37(48-41)33-16-15-29-22-30(13-14-31(29)23-33)32-17-18-34-35(24-32)47-36(25-39(34)51)38-12-8-20-49(38)42(52)54-27-28-10-6-5-7-11-28/h5-7,10-11,13-18,22-26,38,40,56H,8-9,12,19-21,27H2,1-4H3,(H,46,48)(H,47,51)/t38?,40?,45-/m0/s1. The van der Waals surface area contributed by atoms with Crippen LogP contribution in [0, 0.1) is 0 Å². The maximum absolute atomic E-state index is 13.3. The highest BCUT2D eigenvalue weighted by molar-refractivity contribution is 7.80. The molecule has 3 atom stereocenters. The molecule has 4 aromatic carbocycles. The van der Waals surface area contributed by atoms with E-state index in [1.54, 1.807) is 15.9 Å². The summed E-state index contributed by atoms with van der Waals surface area (Å²) in [5.41, 5.74) is 5.00. The highest BCUT2D eigenvalue weighted by atomic mass is 32.1. The zero-order valence-corrected chi connectivity index (χ0v) is 33.1. The molecule has 2 saturated heterocycles. The van der Waals surface area contributed by atoms with Crippen LogP contribution in [0.15, 0.2) is 102 Å². The number of fused-ring (bicyclic) bond motifs is 2. The fraction of sp³-hybridized carbons (Fsp3) is 0.333. The number of hydrogen-bond acceptors (Lipinski definition) is 7. The van der Waals surface area contributed by atoms with E-state index in [2.05, 4.69) is 53.3 Å².